The van der Waals surface area contributed by atoms with E-state index in [0.717, 1.165) is 89.9 Å². The molecule has 4 N–H and O–H groups in total. The van der Waals surface area contributed by atoms with Crippen LogP contribution in [0.5, 0.6) is 0 Å². The Kier molecular flexibility index (Phi) is 29.4. The molecule has 44 heavy (non-hydrogen) atoms. The highest BCUT2D eigenvalue weighted by molar-refractivity contribution is 5.83. The fraction of sp³-hybridized carbons (Fsp3) is 0.649. The fourth-order valence-corrected chi connectivity index (χ4v) is 4.45. The quantitative estimate of drug-likeness (QED) is 0.0441. The molecule has 0 bridgehead atoms. The van der Waals surface area contributed by atoms with Gasteiger partial charge in [0.05, 0.1) is 0 Å². The smallest absolute Gasteiger partial charge is 0.326 e. The SMILES string of the molecule is CC/C=C\C/C=C\C/C=C\C/C=C\CCCCC(=O)OC(/C=C\CCCC)CCCCCCC(=O)NC(CCCN)C(=O)O. The number of carbonyl (C=O) groups is 3. The van der Waals surface area contributed by atoms with E-state index in [4.69, 9.17) is 10.5 Å². The lowest BCUT2D eigenvalue weighted by molar-refractivity contribution is -0.147. The largest absolute Gasteiger partial charge is 0.480 e. The summed E-state index contributed by atoms with van der Waals surface area (Å²) in [6.07, 6.45) is 37.2. The number of esters is 1. The molecule has 0 fully saturated rings. The third-order valence-electron chi connectivity index (χ3n) is 7.05. The van der Waals surface area contributed by atoms with Gasteiger partial charge in [0.25, 0.3) is 0 Å². The van der Waals surface area contributed by atoms with Crippen LogP contribution in [0, 0.1) is 0 Å². The van der Waals surface area contributed by atoms with Crippen LogP contribution in [0.3, 0.4) is 0 Å². The summed E-state index contributed by atoms with van der Waals surface area (Å²) in [5.74, 6) is -1.40. The molecule has 0 aliphatic rings. The van der Waals surface area contributed by atoms with Crippen molar-refractivity contribution in [3.63, 3.8) is 0 Å². The lowest BCUT2D eigenvalue weighted by Gasteiger charge is -2.15. The molecule has 0 radical (unpaired) electrons. The molecule has 0 aromatic carbocycles. The van der Waals surface area contributed by atoms with Gasteiger partial charge in [0, 0.05) is 12.8 Å². The number of carbonyl (C=O) groups excluding carboxylic acids is 2. The first-order chi connectivity index (χ1) is 21.4. The molecule has 250 valence electrons. The Morgan fingerprint density at radius 3 is 1.95 bits per heavy atom. The Hall–Kier alpha value is -2.93. The number of nitrogens with one attached hydrogen (secondary N) is 1. The van der Waals surface area contributed by atoms with E-state index in [1.807, 2.05) is 6.08 Å². The molecule has 7 heteroatoms. The van der Waals surface area contributed by atoms with E-state index >= 15 is 0 Å². The molecular formula is C37H62N2O5. The lowest BCUT2D eigenvalue weighted by atomic mass is 10.1. The number of carboxylic acids is 1. The van der Waals surface area contributed by atoms with Crippen LogP contribution in [0.4, 0.5) is 0 Å². The first-order valence-corrected chi connectivity index (χ1v) is 17.1. The van der Waals surface area contributed by atoms with E-state index < -0.39 is 12.0 Å². The maximum Gasteiger partial charge on any atom is 0.326 e. The average Bonchev–Trinajstić information content (AvgIpc) is 3.00. The lowest BCUT2D eigenvalue weighted by Crippen LogP contribution is -2.40. The van der Waals surface area contributed by atoms with Crippen molar-refractivity contribution < 1.29 is 24.2 Å². The van der Waals surface area contributed by atoms with Gasteiger partial charge < -0.3 is 20.9 Å². The van der Waals surface area contributed by atoms with Crippen LogP contribution < -0.4 is 11.1 Å². The molecule has 0 aromatic rings. The zero-order valence-electron chi connectivity index (χ0n) is 27.7. The van der Waals surface area contributed by atoms with Gasteiger partial charge in [0.15, 0.2) is 0 Å². The zero-order chi connectivity index (χ0) is 32.5. The minimum atomic E-state index is -1.02. The number of ether oxygens (including phenoxy) is 1. The number of nitrogens with two attached hydrogens (primary N) is 1. The Balaban J connectivity index is 4.23. The number of carboxylic acid groups (broad SMARTS) is 1. The van der Waals surface area contributed by atoms with Crippen LogP contribution in [0.25, 0.3) is 0 Å². The summed E-state index contributed by atoms with van der Waals surface area (Å²) >= 11 is 0. The summed E-state index contributed by atoms with van der Waals surface area (Å²) in [4.78, 5) is 35.9. The van der Waals surface area contributed by atoms with E-state index in [1.54, 1.807) is 0 Å². The number of aliphatic carboxylic acids is 1. The molecule has 0 aliphatic carbocycles. The fourth-order valence-electron chi connectivity index (χ4n) is 4.45. The Bertz CT molecular complexity index is 875. The maximum atomic E-state index is 12.5. The number of amides is 1. The molecule has 0 saturated carbocycles. The van der Waals surface area contributed by atoms with Gasteiger partial charge >= 0.3 is 11.9 Å². The van der Waals surface area contributed by atoms with Gasteiger partial charge in [0.1, 0.15) is 12.1 Å². The van der Waals surface area contributed by atoms with E-state index in [9.17, 15) is 19.5 Å². The highest BCUT2D eigenvalue weighted by Crippen LogP contribution is 2.14. The number of rotatable bonds is 29. The summed E-state index contributed by atoms with van der Waals surface area (Å²) in [6.45, 7) is 4.70. The highest BCUT2D eigenvalue weighted by Gasteiger charge is 2.18. The molecule has 0 heterocycles. The van der Waals surface area contributed by atoms with Gasteiger partial charge in [-0.3, -0.25) is 9.59 Å². The van der Waals surface area contributed by atoms with Gasteiger partial charge in [-0.05, 0) is 96.1 Å². The van der Waals surface area contributed by atoms with Crippen LogP contribution in [0.2, 0.25) is 0 Å². The minimum Gasteiger partial charge on any atom is -0.480 e. The van der Waals surface area contributed by atoms with Gasteiger partial charge in [-0.15, -0.1) is 0 Å². The monoisotopic (exact) mass is 614 g/mol. The molecule has 0 saturated heterocycles. The van der Waals surface area contributed by atoms with Crippen LogP contribution >= 0.6 is 0 Å². The predicted molar refractivity (Wildman–Crippen MR) is 183 cm³/mol. The summed E-state index contributed by atoms with van der Waals surface area (Å²) in [5.41, 5.74) is 5.45. The molecular weight excluding hydrogens is 552 g/mol. The number of allylic oxidation sites excluding steroid dienone is 9. The van der Waals surface area contributed by atoms with Crippen LogP contribution in [-0.2, 0) is 19.1 Å². The van der Waals surface area contributed by atoms with Gasteiger partial charge in [-0.2, -0.15) is 0 Å². The van der Waals surface area contributed by atoms with E-state index in [2.05, 4.69) is 73.8 Å². The molecule has 1 amide bonds. The van der Waals surface area contributed by atoms with Crippen molar-refractivity contribution in [3.8, 4) is 0 Å². The highest BCUT2D eigenvalue weighted by atomic mass is 16.5. The Labute approximate surface area is 268 Å². The molecule has 7 nitrogen and oxygen atoms in total. The van der Waals surface area contributed by atoms with Gasteiger partial charge in [-0.25, -0.2) is 4.79 Å². The summed E-state index contributed by atoms with van der Waals surface area (Å²) in [6, 6.07) is -0.874. The van der Waals surface area contributed by atoms with Crippen LogP contribution in [-0.4, -0.2) is 41.6 Å². The van der Waals surface area contributed by atoms with Crippen molar-refractivity contribution in [1.82, 2.24) is 5.32 Å². The standard InChI is InChI=1S/C37H62N2O5/c1-3-5-7-9-10-11-12-13-14-15-16-17-18-19-25-31-36(41)44-33(27-22-8-6-4-2)28-23-20-21-24-30-35(40)39-34(37(42)43)29-26-32-38/h5,7,10-11,13-14,16-17,22,27,33-34H,3-4,6,8-9,12,15,18-21,23-26,28-32,38H2,1-2H3,(H,39,40)(H,42,43)/b7-5-,11-10-,14-13-,17-16-,27-22-. The normalized spacial score (nSPS) is 13.5. The van der Waals surface area contributed by atoms with Crippen molar-refractivity contribution in [2.24, 2.45) is 5.73 Å². The van der Waals surface area contributed by atoms with Crippen LogP contribution in [0.1, 0.15) is 136 Å². The third kappa shape index (κ3) is 27.9. The summed E-state index contributed by atoms with van der Waals surface area (Å²) in [5, 5.41) is 11.8. The number of unbranched alkanes of at least 4 members (excludes halogenated alkanes) is 7. The maximum absolute atomic E-state index is 12.5. The second-order valence-corrected chi connectivity index (χ2v) is 11.2. The number of hydrogen-bond donors (Lipinski definition) is 3. The second kappa shape index (κ2) is 31.5. The van der Waals surface area contributed by atoms with Gasteiger partial charge in [0.2, 0.25) is 5.91 Å². The molecule has 0 rings (SSSR count). The van der Waals surface area contributed by atoms with Crippen molar-refractivity contribution in [2.75, 3.05) is 6.54 Å². The first-order valence-electron chi connectivity index (χ1n) is 17.1. The molecule has 2 unspecified atom stereocenters. The van der Waals surface area contributed by atoms with Crippen molar-refractivity contribution in [2.45, 2.75) is 148 Å². The van der Waals surface area contributed by atoms with Crippen molar-refractivity contribution in [3.05, 3.63) is 60.8 Å². The first kappa shape index (κ1) is 41.1. The topological polar surface area (TPSA) is 119 Å². The zero-order valence-corrected chi connectivity index (χ0v) is 27.7. The molecule has 2 atom stereocenters. The van der Waals surface area contributed by atoms with Crippen molar-refractivity contribution >= 4 is 17.8 Å². The van der Waals surface area contributed by atoms with Crippen LogP contribution in [0.15, 0.2) is 60.8 Å². The Morgan fingerprint density at radius 2 is 1.32 bits per heavy atom. The summed E-state index contributed by atoms with van der Waals surface area (Å²) < 4.78 is 5.80. The van der Waals surface area contributed by atoms with Crippen molar-refractivity contribution in [1.29, 1.82) is 0 Å². The molecule has 0 aromatic heterocycles. The van der Waals surface area contributed by atoms with E-state index in [-0.39, 0.29) is 18.0 Å². The molecule has 0 aliphatic heterocycles. The van der Waals surface area contributed by atoms with E-state index in [1.165, 1.54) is 0 Å². The third-order valence-corrected chi connectivity index (χ3v) is 7.05. The predicted octanol–water partition coefficient (Wildman–Crippen LogP) is 8.66. The van der Waals surface area contributed by atoms with Gasteiger partial charge in [-0.1, -0.05) is 94.2 Å². The summed E-state index contributed by atoms with van der Waals surface area (Å²) in [7, 11) is 0. The number of hydrogen-bond acceptors (Lipinski definition) is 5. The average molecular weight is 615 g/mol. The van der Waals surface area contributed by atoms with E-state index in [0.29, 0.717) is 38.6 Å². The minimum absolute atomic E-state index is 0.139. The second-order valence-electron chi connectivity index (χ2n) is 11.2. The molecule has 0 spiro atoms. The Morgan fingerprint density at radius 1 is 0.705 bits per heavy atom.